The minimum Gasteiger partial charge on any atom is -0.330 e. The van der Waals surface area contributed by atoms with Gasteiger partial charge in [-0.15, -0.1) is 10.2 Å². The smallest absolute Gasteiger partial charge is 0.210 e. The molecule has 0 bridgehead atoms. The Morgan fingerprint density at radius 1 is 1.00 bits per heavy atom. The third-order valence-electron chi connectivity index (χ3n) is 3.70. The van der Waals surface area contributed by atoms with Crippen LogP contribution in [0.4, 0.5) is 10.8 Å². The first-order valence-electron chi connectivity index (χ1n) is 7.90. The van der Waals surface area contributed by atoms with Crippen LogP contribution in [0.3, 0.4) is 0 Å². The largest absolute Gasteiger partial charge is 0.330 e. The van der Waals surface area contributed by atoms with Crippen LogP contribution in [0.2, 0.25) is 0 Å². The van der Waals surface area contributed by atoms with E-state index in [0.717, 1.165) is 32.3 Å². The molecule has 0 radical (unpaired) electrons. The zero-order valence-corrected chi connectivity index (χ0v) is 15.6. The van der Waals surface area contributed by atoms with E-state index in [1.807, 2.05) is 18.2 Å². The van der Waals surface area contributed by atoms with E-state index in [1.54, 1.807) is 23.1 Å². The molecule has 25 heavy (non-hydrogen) atoms. The van der Waals surface area contributed by atoms with Crippen LogP contribution in [0.5, 0.6) is 0 Å². The first-order valence-corrected chi connectivity index (χ1v) is 9.70. The third kappa shape index (κ3) is 3.83. The summed E-state index contributed by atoms with van der Waals surface area (Å²) in [5.41, 5.74) is 5.50. The van der Waals surface area contributed by atoms with Crippen molar-refractivity contribution in [2.75, 3.05) is 5.32 Å². The van der Waals surface area contributed by atoms with Crippen LogP contribution < -0.4 is 5.32 Å². The Morgan fingerprint density at radius 3 is 2.64 bits per heavy atom. The van der Waals surface area contributed by atoms with Crippen molar-refractivity contribution in [3.63, 3.8) is 0 Å². The number of thioether (sulfide) groups is 1. The van der Waals surface area contributed by atoms with Crippen molar-refractivity contribution >= 4 is 39.6 Å². The van der Waals surface area contributed by atoms with Crippen molar-refractivity contribution in [2.45, 2.75) is 23.9 Å². The van der Waals surface area contributed by atoms with Crippen molar-refractivity contribution in [3.05, 3.63) is 65.6 Å². The Bertz CT molecular complexity index is 1000. The standard InChI is InChI=1S/C18H17N5S2/c1-12-3-6-14(7-4-12)20-17-21-22-18(25-17)24-11-15-10-23-9-13(2)5-8-16(23)19-15/h3-10H,11H2,1-2H3,(H,20,21). The summed E-state index contributed by atoms with van der Waals surface area (Å²) in [6.07, 6.45) is 4.16. The van der Waals surface area contributed by atoms with Gasteiger partial charge in [0.1, 0.15) is 5.65 Å². The number of benzene rings is 1. The van der Waals surface area contributed by atoms with Gasteiger partial charge in [0.25, 0.3) is 0 Å². The predicted octanol–water partition coefficient (Wildman–Crippen LogP) is 4.84. The molecule has 0 saturated heterocycles. The molecule has 0 spiro atoms. The van der Waals surface area contributed by atoms with Gasteiger partial charge >= 0.3 is 0 Å². The second-order valence-corrected chi connectivity index (χ2v) is 8.06. The minimum atomic E-state index is 0.778. The monoisotopic (exact) mass is 367 g/mol. The predicted molar refractivity (Wildman–Crippen MR) is 104 cm³/mol. The highest BCUT2D eigenvalue weighted by Gasteiger charge is 2.08. The number of aromatic nitrogens is 4. The maximum absolute atomic E-state index is 4.63. The van der Waals surface area contributed by atoms with Crippen LogP contribution in [-0.2, 0) is 5.75 Å². The molecule has 0 aliphatic rings. The van der Waals surface area contributed by atoms with Crippen molar-refractivity contribution in [1.82, 2.24) is 19.6 Å². The molecule has 1 N–H and O–H groups in total. The van der Waals surface area contributed by atoms with E-state index < -0.39 is 0 Å². The normalized spacial score (nSPS) is 11.1. The Labute approximate surface area is 154 Å². The van der Waals surface area contributed by atoms with Gasteiger partial charge in [-0.25, -0.2) is 4.98 Å². The van der Waals surface area contributed by atoms with Crippen LogP contribution in [-0.4, -0.2) is 19.6 Å². The Balaban J connectivity index is 1.41. The van der Waals surface area contributed by atoms with E-state index in [4.69, 9.17) is 0 Å². The van der Waals surface area contributed by atoms with Gasteiger partial charge in [-0.2, -0.15) is 0 Å². The van der Waals surface area contributed by atoms with Gasteiger partial charge in [-0.3, -0.25) is 0 Å². The van der Waals surface area contributed by atoms with Gasteiger partial charge in [-0.1, -0.05) is 46.9 Å². The van der Waals surface area contributed by atoms with Crippen molar-refractivity contribution in [3.8, 4) is 0 Å². The highest BCUT2D eigenvalue weighted by molar-refractivity contribution is 8.00. The first kappa shape index (κ1) is 16.1. The highest BCUT2D eigenvalue weighted by atomic mass is 32.2. The van der Waals surface area contributed by atoms with Crippen LogP contribution in [0.15, 0.2) is 53.1 Å². The Morgan fingerprint density at radius 2 is 1.80 bits per heavy atom. The minimum absolute atomic E-state index is 0.778. The molecule has 0 unspecified atom stereocenters. The number of pyridine rings is 1. The second-order valence-electron chi connectivity index (χ2n) is 5.86. The zero-order valence-electron chi connectivity index (χ0n) is 13.9. The molecule has 0 atom stereocenters. The molecular formula is C18H17N5S2. The zero-order chi connectivity index (χ0) is 17.2. The molecule has 4 rings (SSSR count). The molecule has 0 saturated carbocycles. The summed E-state index contributed by atoms with van der Waals surface area (Å²) < 4.78 is 3.00. The summed E-state index contributed by atoms with van der Waals surface area (Å²) >= 11 is 3.21. The number of anilines is 2. The summed E-state index contributed by atoms with van der Waals surface area (Å²) in [7, 11) is 0. The molecule has 0 aliphatic heterocycles. The van der Waals surface area contributed by atoms with Gasteiger partial charge in [0.2, 0.25) is 5.13 Å². The molecule has 126 valence electrons. The second kappa shape index (κ2) is 6.85. The quantitative estimate of drug-likeness (QED) is 0.512. The maximum atomic E-state index is 4.63. The lowest BCUT2D eigenvalue weighted by Gasteiger charge is -2.01. The Hall–Kier alpha value is -2.38. The lowest BCUT2D eigenvalue weighted by molar-refractivity contribution is 1.01. The lowest BCUT2D eigenvalue weighted by atomic mass is 10.2. The van der Waals surface area contributed by atoms with Crippen molar-refractivity contribution in [1.29, 1.82) is 0 Å². The molecule has 0 fully saturated rings. The molecule has 3 aromatic heterocycles. The van der Waals surface area contributed by atoms with E-state index in [9.17, 15) is 0 Å². The topological polar surface area (TPSA) is 55.1 Å². The lowest BCUT2D eigenvalue weighted by Crippen LogP contribution is -1.88. The number of rotatable bonds is 5. The van der Waals surface area contributed by atoms with Gasteiger partial charge in [0.05, 0.1) is 5.69 Å². The van der Waals surface area contributed by atoms with E-state index >= 15 is 0 Å². The van der Waals surface area contributed by atoms with E-state index in [-0.39, 0.29) is 0 Å². The molecule has 4 aromatic rings. The van der Waals surface area contributed by atoms with Crippen LogP contribution in [0, 0.1) is 13.8 Å². The van der Waals surface area contributed by atoms with Crippen molar-refractivity contribution < 1.29 is 0 Å². The molecule has 7 heteroatoms. The maximum Gasteiger partial charge on any atom is 0.210 e. The number of hydrogen-bond acceptors (Lipinski definition) is 6. The van der Waals surface area contributed by atoms with Crippen molar-refractivity contribution in [2.24, 2.45) is 0 Å². The number of fused-ring (bicyclic) bond motifs is 1. The average Bonchev–Trinajstić information content (AvgIpc) is 3.21. The fourth-order valence-corrected chi connectivity index (χ4v) is 4.10. The first-order chi connectivity index (χ1) is 12.2. The number of hydrogen-bond donors (Lipinski definition) is 1. The average molecular weight is 368 g/mol. The fraction of sp³-hybridized carbons (Fsp3) is 0.167. The van der Waals surface area contributed by atoms with E-state index in [0.29, 0.717) is 0 Å². The number of imidazole rings is 1. The fourth-order valence-electron chi connectivity index (χ4n) is 2.44. The van der Waals surface area contributed by atoms with Gasteiger partial charge in [0, 0.05) is 23.8 Å². The van der Waals surface area contributed by atoms with E-state index in [1.165, 1.54) is 11.1 Å². The SMILES string of the molecule is Cc1ccc(Nc2nnc(SCc3cn4cc(C)ccc4n3)s2)cc1. The summed E-state index contributed by atoms with van der Waals surface area (Å²) in [6, 6.07) is 12.4. The van der Waals surface area contributed by atoms with Gasteiger partial charge < -0.3 is 9.72 Å². The van der Waals surface area contributed by atoms with Crippen LogP contribution in [0.25, 0.3) is 5.65 Å². The number of nitrogens with one attached hydrogen (secondary N) is 1. The summed E-state index contributed by atoms with van der Waals surface area (Å²) in [5, 5.41) is 12.6. The summed E-state index contributed by atoms with van der Waals surface area (Å²) in [5.74, 6) is 0.778. The molecule has 5 nitrogen and oxygen atoms in total. The van der Waals surface area contributed by atoms with Gasteiger partial charge in [-0.05, 0) is 37.6 Å². The molecule has 3 heterocycles. The third-order valence-corrected chi connectivity index (χ3v) is 5.71. The number of nitrogens with zero attached hydrogens (tertiary/aromatic N) is 4. The Kier molecular flexibility index (Phi) is 4.42. The molecule has 1 aromatic carbocycles. The molecule has 0 amide bonds. The van der Waals surface area contributed by atoms with Crippen LogP contribution >= 0.6 is 23.1 Å². The van der Waals surface area contributed by atoms with Gasteiger partial charge in [0.15, 0.2) is 4.34 Å². The van der Waals surface area contributed by atoms with E-state index in [2.05, 4.69) is 69.3 Å². The highest BCUT2D eigenvalue weighted by Crippen LogP contribution is 2.29. The summed E-state index contributed by atoms with van der Waals surface area (Å²) in [4.78, 5) is 4.63. The van der Waals surface area contributed by atoms with Crippen LogP contribution in [0.1, 0.15) is 16.8 Å². The summed E-state index contributed by atoms with van der Waals surface area (Å²) in [6.45, 7) is 4.15. The molecular weight excluding hydrogens is 350 g/mol. The number of aryl methyl sites for hydroxylation is 2. The molecule has 0 aliphatic carbocycles.